The molecule has 0 saturated heterocycles. The monoisotopic (exact) mass is 241 g/mol. The van der Waals surface area contributed by atoms with Gasteiger partial charge in [-0.2, -0.15) is 0 Å². The fourth-order valence-electron chi connectivity index (χ4n) is 1.77. The second-order valence-corrected chi connectivity index (χ2v) is 4.01. The van der Waals surface area contributed by atoms with Gasteiger partial charge in [-0.15, -0.1) is 0 Å². The number of ether oxygens (including phenoxy) is 1. The summed E-state index contributed by atoms with van der Waals surface area (Å²) in [4.78, 5) is 15.4. The van der Waals surface area contributed by atoms with Crippen LogP contribution in [-0.4, -0.2) is 11.3 Å². The number of aromatic nitrogens is 1. The third kappa shape index (κ3) is 2.56. The Morgan fingerprint density at radius 1 is 1.28 bits per heavy atom. The highest BCUT2D eigenvalue weighted by atomic mass is 16.5. The maximum Gasteiger partial charge on any atom is 0.230 e. The molecule has 1 heterocycles. The molecule has 0 bridgehead atoms. The number of rotatable bonds is 4. The van der Waals surface area contributed by atoms with Crippen LogP contribution in [0.5, 0.6) is 11.6 Å². The Kier molecular flexibility index (Phi) is 3.72. The minimum atomic E-state index is 0.367. The molecule has 2 rings (SSSR count). The van der Waals surface area contributed by atoms with Crippen LogP contribution in [0.2, 0.25) is 0 Å². The molecule has 0 atom stereocenters. The van der Waals surface area contributed by atoms with Gasteiger partial charge in [0.15, 0.2) is 6.29 Å². The van der Waals surface area contributed by atoms with Gasteiger partial charge in [-0.05, 0) is 37.1 Å². The molecule has 0 aliphatic heterocycles. The van der Waals surface area contributed by atoms with Crippen LogP contribution in [0.25, 0.3) is 0 Å². The molecular formula is C15H15NO2. The Morgan fingerprint density at radius 2 is 2.00 bits per heavy atom. The van der Waals surface area contributed by atoms with E-state index >= 15 is 0 Å². The van der Waals surface area contributed by atoms with Crippen LogP contribution < -0.4 is 4.74 Å². The molecule has 3 heteroatoms. The van der Waals surface area contributed by atoms with E-state index in [-0.39, 0.29) is 0 Å². The number of benzene rings is 1. The fraction of sp³-hybridized carbons (Fsp3) is 0.200. The summed E-state index contributed by atoms with van der Waals surface area (Å²) in [6.07, 6.45) is 1.63. The normalized spacial score (nSPS) is 10.1. The average Bonchev–Trinajstić information content (AvgIpc) is 2.40. The molecule has 1 aromatic heterocycles. The summed E-state index contributed by atoms with van der Waals surface area (Å²) in [5.74, 6) is 1.04. The molecule has 0 saturated carbocycles. The molecule has 92 valence electrons. The first kappa shape index (κ1) is 12.3. The van der Waals surface area contributed by atoms with Crippen LogP contribution >= 0.6 is 0 Å². The van der Waals surface area contributed by atoms with Gasteiger partial charge in [-0.3, -0.25) is 4.79 Å². The number of carbonyl (C=O) groups is 1. The minimum absolute atomic E-state index is 0.367. The third-order valence-electron chi connectivity index (χ3n) is 2.78. The molecule has 0 fully saturated rings. The summed E-state index contributed by atoms with van der Waals surface area (Å²) in [7, 11) is 0. The average molecular weight is 241 g/mol. The molecule has 3 nitrogen and oxygen atoms in total. The highest BCUT2D eigenvalue weighted by Gasteiger charge is 2.09. The van der Waals surface area contributed by atoms with E-state index in [0.29, 0.717) is 17.2 Å². The first-order valence-electron chi connectivity index (χ1n) is 5.93. The zero-order valence-electron chi connectivity index (χ0n) is 10.5. The topological polar surface area (TPSA) is 39.2 Å². The molecule has 0 unspecified atom stereocenters. The van der Waals surface area contributed by atoms with Crippen molar-refractivity contribution in [1.29, 1.82) is 0 Å². The zero-order valence-corrected chi connectivity index (χ0v) is 10.5. The van der Waals surface area contributed by atoms with Gasteiger partial charge in [0.1, 0.15) is 5.75 Å². The molecule has 1 aromatic carbocycles. The standard InChI is InChI=1S/C15H15NO2/c1-3-12-9-13(10-17)15(16-11(12)2)18-14-7-5-4-6-8-14/h4-10H,3H2,1-2H3. The van der Waals surface area contributed by atoms with E-state index in [1.807, 2.05) is 50.2 Å². The van der Waals surface area contributed by atoms with Crippen LogP contribution in [-0.2, 0) is 6.42 Å². The SMILES string of the molecule is CCc1cc(C=O)c(Oc2ccccc2)nc1C. The molecule has 2 aromatic rings. The van der Waals surface area contributed by atoms with E-state index in [4.69, 9.17) is 4.74 Å². The molecule has 0 aliphatic rings. The molecular weight excluding hydrogens is 226 g/mol. The Labute approximate surface area is 106 Å². The zero-order chi connectivity index (χ0) is 13.0. The van der Waals surface area contributed by atoms with Crippen molar-refractivity contribution in [2.45, 2.75) is 20.3 Å². The second-order valence-electron chi connectivity index (χ2n) is 4.01. The van der Waals surface area contributed by atoms with Gasteiger partial charge in [0, 0.05) is 5.69 Å². The van der Waals surface area contributed by atoms with E-state index in [2.05, 4.69) is 4.98 Å². The lowest BCUT2D eigenvalue weighted by Gasteiger charge is -2.10. The first-order chi connectivity index (χ1) is 8.74. The first-order valence-corrected chi connectivity index (χ1v) is 5.93. The van der Waals surface area contributed by atoms with Crippen molar-refractivity contribution in [3.63, 3.8) is 0 Å². The van der Waals surface area contributed by atoms with Gasteiger partial charge >= 0.3 is 0 Å². The van der Waals surface area contributed by atoms with Crippen molar-refractivity contribution in [2.75, 3.05) is 0 Å². The number of aryl methyl sites for hydroxylation is 2. The molecule has 0 N–H and O–H groups in total. The Bertz CT molecular complexity index is 550. The van der Waals surface area contributed by atoms with Crippen LogP contribution in [0.4, 0.5) is 0 Å². The van der Waals surface area contributed by atoms with Crippen molar-refractivity contribution >= 4 is 6.29 Å². The van der Waals surface area contributed by atoms with E-state index < -0.39 is 0 Å². The van der Waals surface area contributed by atoms with Gasteiger partial charge < -0.3 is 4.74 Å². The lowest BCUT2D eigenvalue weighted by molar-refractivity contribution is 0.112. The van der Waals surface area contributed by atoms with Crippen molar-refractivity contribution in [3.8, 4) is 11.6 Å². The predicted molar refractivity (Wildman–Crippen MR) is 70.3 cm³/mol. The van der Waals surface area contributed by atoms with Crippen molar-refractivity contribution in [1.82, 2.24) is 4.98 Å². The molecule has 0 aliphatic carbocycles. The van der Waals surface area contributed by atoms with E-state index in [1.54, 1.807) is 0 Å². The molecule has 0 amide bonds. The Morgan fingerprint density at radius 3 is 2.61 bits per heavy atom. The maximum absolute atomic E-state index is 11.1. The number of carbonyl (C=O) groups excluding carboxylic acids is 1. The summed E-state index contributed by atoms with van der Waals surface area (Å²) in [5.41, 5.74) is 2.45. The number of para-hydroxylation sites is 1. The molecule has 0 spiro atoms. The number of nitrogens with zero attached hydrogens (tertiary/aromatic N) is 1. The lowest BCUT2D eigenvalue weighted by Crippen LogP contribution is -1.99. The highest BCUT2D eigenvalue weighted by Crippen LogP contribution is 2.24. The molecule has 0 radical (unpaired) electrons. The van der Waals surface area contributed by atoms with Gasteiger partial charge in [0.25, 0.3) is 0 Å². The summed E-state index contributed by atoms with van der Waals surface area (Å²) in [5, 5.41) is 0. The maximum atomic E-state index is 11.1. The van der Waals surface area contributed by atoms with Crippen LogP contribution in [0, 0.1) is 6.92 Å². The van der Waals surface area contributed by atoms with E-state index in [1.165, 1.54) is 0 Å². The number of hydrogen-bond donors (Lipinski definition) is 0. The predicted octanol–water partition coefficient (Wildman–Crippen LogP) is 3.56. The summed E-state index contributed by atoms with van der Waals surface area (Å²) in [6, 6.07) is 11.2. The van der Waals surface area contributed by atoms with Gasteiger partial charge in [0.05, 0.1) is 5.56 Å². The van der Waals surface area contributed by atoms with Gasteiger partial charge in [-0.25, -0.2) is 4.98 Å². The quantitative estimate of drug-likeness (QED) is 0.768. The summed E-state index contributed by atoms with van der Waals surface area (Å²) < 4.78 is 5.64. The van der Waals surface area contributed by atoms with Crippen LogP contribution in [0.15, 0.2) is 36.4 Å². The van der Waals surface area contributed by atoms with Gasteiger partial charge in [-0.1, -0.05) is 25.1 Å². The van der Waals surface area contributed by atoms with Crippen molar-refractivity contribution in [2.24, 2.45) is 0 Å². The fourth-order valence-corrected chi connectivity index (χ4v) is 1.77. The highest BCUT2D eigenvalue weighted by molar-refractivity contribution is 5.78. The smallest absolute Gasteiger partial charge is 0.230 e. The van der Waals surface area contributed by atoms with Crippen molar-refractivity contribution in [3.05, 3.63) is 53.2 Å². The number of pyridine rings is 1. The second kappa shape index (κ2) is 5.45. The largest absolute Gasteiger partial charge is 0.438 e. The third-order valence-corrected chi connectivity index (χ3v) is 2.78. The number of aldehydes is 1. The Hall–Kier alpha value is -2.16. The van der Waals surface area contributed by atoms with Gasteiger partial charge in [0.2, 0.25) is 5.88 Å². The Balaban J connectivity index is 2.38. The van der Waals surface area contributed by atoms with Crippen molar-refractivity contribution < 1.29 is 9.53 Å². The van der Waals surface area contributed by atoms with E-state index in [0.717, 1.165) is 24.0 Å². The van der Waals surface area contributed by atoms with Crippen LogP contribution in [0.3, 0.4) is 0 Å². The molecule has 18 heavy (non-hydrogen) atoms. The lowest BCUT2D eigenvalue weighted by atomic mass is 10.1. The van der Waals surface area contributed by atoms with Crippen LogP contribution in [0.1, 0.15) is 28.5 Å². The summed E-state index contributed by atoms with van der Waals surface area (Å²) >= 11 is 0. The van der Waals surface area contributed by atoms with E-state index in [9.17, 15) is 4.79 Å². The summed E-state index contributed by atoms with van der Waals surface area (Å²) in [6.45, 7) is 3.96. The number of hydrogen-bond acceptors (Lipinski definition) is 3. The minimum Gasteiger partial charge on any atom is -0.438 e.